The van der Waals surface area contributed by atoms with Crippen molar-refractivity contribution in [1.29, 1.82) is 0 Å². The van der Waals surface area contributed by atoms with Crippen molar-refractivity contribution in [2.24, 2.45) is 0 Å². The molecule has 0 aliphatic rings. The summed E-state index contributed by atoms with van der Waals surface area (Å²) in [5, 5.41) is 0. The Bertz CT molecular complexity index is 692. The van der Waals surface area contributed by atoms with E-state index in [1.54, 1.807) is 19.5 Å². The van der Waals surface area contributed by atoms with Gasteiger partial charge in [-0.3, -0.25) is 0 Å². The van der Waals surface area contributed by atoms with E-state index in [0.717, 1.165) is 44.3 Å². The lowest BCUT2D eigenvalue weighted by Crippen LogP contribution is -2.13. The van der Waals surface area contributed by atoms with Crippen molar-refractivity contribution in [3.63, 3.8) is 0 Å². The third-order valence-corrected chi connectivity index (χ3v) is 5.46. The first-order valence-corrected chi connectivity index (χ1v) is 11.9. The number of halogens is 1. The number of aryl methyl sites for hydroxylation is 1. The van der Waals surface area contributed by atoms with Gasteiger partial charge in [-0.1, -0.05) is 76.1 Å². The Balaban J connectivity index is 1.68. The summed E-state index contributed by atoms with van der Waals surface area (Å²) in [6.07, 6.45) is 14.4. The largest absolute Gasteiger partial charge is 0.487 e. The lowest BCUT2D eigenvalue weighted by molar-refractivity contribution is 0.179. The van der Waals surface area contributed by atoms with E-state index in [9.17, 15) is 4.39 Å². The number of unbranched alkanes of at least 4 members (excludes halogenated alkanes) is 7. The zero-order valence-electron chi connectivity index (χ0n) is 19.3. The second-order valence-electron chi connectivity index (χ2n) is 8.21. The fraction of sp³-hybridized carbons (Fsp3) is 0.615. The second kappa shape index (κ2) is 15.7. The Morgan fingerprint density at radius 2 is 1.55 bits per heavy atom. The summed E-state index contributed by atoms with van der Waals surface area (Å²) in [5.74, 6) is 1.17. The number of rotatable bonds is 17. The van der Waals surface area contributed by atoms with Crippen molar-refractivity contribution in [3.8, 4) is 17.1 Å². The number of hydrogen-bond acceptors (Lipinski definition) is 4. The van der Waals surface area contributed by atoms with E-state index in [-0.39, 0.29) is 6.61 Å². The maximum Gasteiger partial charge on any atom is 0.159 e. The normalized spacial score (nSPS) is 12.1. The number of nitrogens with zero attached hydrogens (tertiary/aromatic N) is 2. The van der Waals surface area contributed by atoms with Gasteiger partial charge in [0.25, 0.3) is 0 Å². The Morgan fingerprint density at radius 3 is 2.26 bits per heavy atom. The molecule has 0 N–H and O–H groups in total. The number of alkyl halides is 1. The van der Waals surface area contributed by atoms with Crippen LogP contribution >= 0.6 is 0 Å². The fourth-order valence-electron chi connectivity index (χ4n) is 3.53. The predicted molar refractivity (Wildman–Crippen MR) is 125 cm³/mol. The molecule has 0 fully saturated rings. The summed E-state index contributed by atoms with van der Waals surface area (Å²) in [7, 11) is 1.71. The molecule has 0 spiro atoms. The van der Waals surface area contributed by atoms with Gasteiger partial charge in [0.15, 0.2) is 11.6 Å². The molecule has 1 heterocycles. The van der Waals surface area contributed by atoms with Crippen LogP contribution in [0.3, 0.4) is 0 Å². The van der Waals surface area contributed by atoms with Crippen LogP contribution < -0.4 is 4.74 Å². The highest BCUT2D eigenvalue weighted by Gasteiger charge is 2.09. The van der Waals surface area contributed by atoms with Crippen LogP contribution in [0.2, 0.25) is 0 Å². The fourth-order valence-corrected chi connectivity index (χ4v) is 3.53. The Morgan fingerprint density at radius 1 is 0.871 bits per heavy atom. The van der Waals surface area contributed by atoms with Crippen molar-refractivity contribution in [3.05, 3.63) is 42.2 Å². The first-order chi connectivity index (χ1) is 15.2. The first kappa shape index (κ1) is 25.3. The van der Waals surface area contributed by atoms with Gasteiger partial charge in [0, 0.05) is 19.3 Å². The van der Waals surface area contributed by atoms with E-state index in [1.807, 2.05) is 0 Å². The summed E-state index contributed by atoms with van der Waals surface area (Å²) >= 11 is 0. The topological polar surface area (TPSA) is 44.2 Å². The van der Waals surface area contributed by atoms with Crippen molar-refractivity contribution in [2.75, 3.05) is 20.3 Å². The van der Waals surface area contributed by atoms with Gasteiger partial charge in [0.2, 0.25) is 0 Å². The number of hydrogen-bond donors (Lipinski definition) is 0. The van der Waals surface area contributed by atoms with Gasteiger partial charge in [-0.25, -0.2) is 14.4 Å². The Kier molecular flexibility index (Phi) is 12.8. The van der Waals surface area contributed by atoms with Gasteiger partial charge < -0.3 is 9.47 Å². The second-order valence-corrected chi connectivity index (χ2v) is 8.21. The van der Waals surface area contributed by atoms with Gasteiger partial charge >= 0.3 is 0 Å². The highest BCUT2D eigenvalue weighted by molar-refractivity contribution is 5.55. The molecule has 0 bridgehead atoms. The molecule has 0 saturated heterocycles. The molecule has 1 aromatic carbocycles. The highest BCUT2D eigenvalue weighted by Crippen LogP contribution is 2.19. The minimum atomic E-state index is -0.961. The van der Waals surface area contributed by atoms with Crippen LogP contribution in [0.4, 0.5) is 4.39 Å². The van der Waals surface area contributed by atoms with Crippen LogP contribution in [-0.4, -0.2) is 36.5 Å². The zero-order chi connectivity index (χ0) is 22.2. The van der Waals surface area contributed by atoms with E-state index in [1.165, 1.54) is 37.7 Å². The Hall–Kier alpha value is -2.01. The summed E-state index contributed by atoms with van der Waals surface area (Å²) in [4.78, 5) is 8.77. The molecule has 0 aliphatic carbocycles. The van der Waals surface area contributed by atoms with E-state index < -0.39 is 6.17 Å². The molecule has 31 heavy (non-hydrogen) atoms. The number of aromatic nitrogens is 2. The molecule has 1 unspecified atom stereocenters. The molecular formula is C26H39FN2O2. The van der Waals surface area contributed by atoms with Crippen LogP contribution in [0.25, 0.3) is 11.4 Å². The van der Waals surface area contributed by atoms with Crippen molar-refractivity contribution >= 4 is 0 Å². The van der Waals surface area contributed by atoms with Crippen LogP contribution in [0.1, 0.15) is 76.7 Å². The summed E-state index contributed by atoms with van der Waals surface area (Å²) in [5.41, 5.74) is 2.34. The third-order valence-electron chi connectivity index (χ3n) is 5.46. The molecule has 0 amide bonds. The molecule has 1 atom stereocenters. The summed E-state index contributed by atoms with van der Waals surface area (Å²) in [6.45, 7) is 3.07. The van der Waals surface area contributed by atoms with Crippen molar-refractivity contribution in [2.45, 2.75) is 83.7 Å². The smallest absolute Gasteiger partial charge is 0.159 e. The van der Waals surface area contributed by atoms with Gasteiger partial charge in [0.1, 0.15) is 12.8 Å². The minimum absolute atomic E-state index is 0.0493. The first-order valence-electron chi connectivity index (χ1n) is 11.9. The zero-order valence-corrected chi connectivity index (χ0v) is 19.3. The predicted octanol–water partition coefficient (Wildman–Crippen LogP) is 6.97. The summed E-state index contributed by atoms with van der Waals surface area (Å²) in [6, 6.07) is 8.46. The van der Waals surface area contributed by atoms with Crippen molar-refractivity contribution < 1.29 is 13.9 Å². The van der Waals surface area contributed by atoms with E-state index >= 15 is 0 Å². The molecule has 0 saturated carbocycles. The molecule has 5 heteroatoms. The maximum absolute atomic E-state index is 14.0. The average Bonchev–Trinajstić information content (AvgIpc) is 2.80. The standard InChI is InChI=1S/C26H39FN2O2/c1-3-4-5-6-9-12-22-14-16-23(17-15-22)26-28-19-25(20-29-26)31-21-24(27)13-10-7-8-11-18-30-2/h14-17,19-20,24H,3-13,18,21H2,1-2H3. The van der Waals surface area contributed by atoms with Gasteiger partial charge in [-0.05, 0) is 31.2 Å². The van der Waals surface area contributed by atoms with Gasteiger partial charge in [-0.15, -0.1) is 0 Å². The molecule has 172 valence electrons. The van der Waals surface area contributed by atoms with Crippen LogP contribution in [-0.2, 0) is 11.2 Å². The maximum atomic E-state index is 14.0. The molecule has 2 aromatic rings. The number of methoxy groups -OCH3 is 1. The monoisotopic (exact) mass is 430 g/mol. The molecule has 0 radical (unpaired) electrons. The van der Waals surface area contributed by atoms with Crippen LogP contribution in [0, 0.1) is 0 Å². The van der Waals surface area contributed by atoms with E-state index in [2.05, 4.69) is 41.2 Å². The third kappa shape index (κ3) is 10.7. The quantitative estimate of drug-likeness (QED) is 0.254. The van der Waals surface area contributed by atoms with Crippen molar-refractivity contribution in [1.82, 2.24) is 9.97 Å². The average molecular weight is 431 g/mol. The molecule has 0 aliphatic heterocycles. The van der Waals surface area contributed by atoms with Gasteiger partial charge in [-0.2, -0.15) is 0 Å². The molecular weight excluding hydrogens is 391 g/mol. The summed E-state index contributed by atoms with van der Waals surface area (Å²) < 4.78 is 24.5. The molecule has 2 rings (SSSR count). The van der Waals surface area contributed by atoms with Gasteiger partial charge in [0.05, 0.1) is 12.4 Å². The number of ether oxygens (including phenoxy) is 2. The SMILES string of the molecule is CCCCCCCc1ccc(-c2ncc(OCC(F)CCCCCCOC)cn2)cc1. The van der Waals surface area contributed by atoms with E-state index in [4.69, 9.17) is 9.47 Å². The van der Waals surface area contributed by atoms with Crippen LogP contribution in [0.5, 0.6) is 5.75 Å². The van der Waals surface area contributed by atoms with Crippen LogP contribution in [0.15, 0.2) is 36.7 Å². The lowest BCUT2D eigenvalue weighted by Gasteiger charge is -2.10. The number of benzene rings is 1. The van der Waals surface area contributed by atoms with E-state index in [0.29, 0.717) is 18.0 Å². The lowest BCUT2D eigenvalue weighted by atomic mass is 10.0. The Labute approximate surface area is 187 Å². The highest BCUT2D eigenvalue weighted by atomic mass is 19.1. The minimum Gasteiger partial charge on any atom is -0.487 e. The molecule has 4 nitrogen and oxygen atoms in total. The molecule has 1 aromatic heterocycles.